The van der Waals surface area contributed by atoms with Crippen molar-refractivity contribution in [2.24, 2.45) is 53.3 Å². The molecule has 75 heavy (non-hydrogen) atoms. The van der Waals surface area contributed by atoms with E-state index in [1.54, 1.807) is 90.8 Å². The molecule has 9 saturated carbocycles. The van der Waals surface area contributed by atoms with Gasteiger partial charge in [0.2, 0.25) is 0 Å². The average Bonchev–Trinajstić information content (AvgIpc) is 4.39. The number of rotatable bonds is 12. The standard InChI is InChI=1S/3C19H25N3O3/c3*1-19(14-10-12-5-7-13(14)8-6-12)17(24)22(18(25)21(19)2)11-16(23)15-4-3-9-20-15/h3*3-4,9,12-14,20H,5-8,10-11H2,1-2H3/t12?,13?,14-,19+;;/m0../s1. The molecule has 3 N–H and O–H groups in total. The van der Waals surface area contributed by atoms with Crippen molar-refractivity contribution in [2.75, 3.05) is 40.8 Å². The van der Waals surface area contributed by atoms with E-state index >= 15 is 0 Å². The predicted octanol–water partition coefficient (Wildman–Crippen LogP) is 8.03. The number of aromatic amines is 3. The van der Waals surface area contributed by atoms with Gasteiger partial charge >= 0.3 is 18.1 Å². The molecule has 12 aliphatic rings. The number of fused-ring (bicyclic) bond motifs is 9. The second kappa shape index (κ2) is 20.0. The molecule has 9 aliphatic carbocycles. The number of urea groups is 3. The lowest BCUT2D eigenvalue weighted by molar-refractivity contribution is -0.138. The molecule has 6 atom stereocenters. The zero-order chi connectivity index (χ0) is 53.3. The molecule has 6 heterocycles. The summed E-state index contributed by atoms with van der Waals surface area (Å²) in [7, 11) is 5.13. The molecular weight excluding hydrogens is 955 g/mol. The van der Waals surface area contributed by atoms with E-state index in [9.17, 15) is 43.2 Å². The van der Waals surface area contributed by atoms with Gasteiger partial charge in [0, 0.05) is 39.7 Å². The Hall–Kier alpha value is -6.33. The zero-order valence-corrected chi connectivity index (χ0v) is 44.5. The summed E-state index contributed by atoms with van der Waals surface area (Å²) >= 11 is 0. The minimum Gasteiger partial charge on any atom is -0.359 e. The number of nitrogens with one attached hydrogen (secondary N) is 3. The van der Waals surface area contributed by atoms with Crippen LogP contribution in [-0.2, 0) is 14.4 Å². The Balaban J connectivity index is 0.000000128. The maximum Gasteiger partial charge on any atom is 0.327 e. The van der Waals surface area contributed by atoms with Crippen LogP contribution in [0.15, 0.2) is 55.0 Å². The Kier molecular flexibility index (Phi) is 13.9. The Bertz CT molecular complexity index is 2410. The quantitative estimate of drug-likeness (QED) is 0.118. The number of likely N-dealkylation sites (N-methyl/N-ethyl adjacent to an activating group) is 3. The molecule has 6 bridgehead atoms. The monoisotopic (exact) mass is 1030 g/mol. The van der Waals surface area contributed by atoms with Gasteiger partial charge in [-0.1, -0.05) is 38.5 Å². The number of nitrogens with zero attached hydrogens (tertiary/aromatic N) is 6. The van der Waals surface area contributed by atoms with Crippen molar-refractivity contribution in [3.05, 3.63) is 72.1 Å². The topological polar surface area (TPSA) is 220 Å². The average molecular weight is 1030 g/mol. The summed E-state index contributed by atoms with van der Waals surface area (Å²) in [5.74, 6) is 2.81. The Morgan fingerprint density at radius 3 is 0.853 bits per heavy atom. The van der Waals surface area contributed by atoms with Crippen molar-refractivity contribution in [3.63, 3.8) is 0 Å². The highest BCUT2D eigenvalue weighted by atomic mass is 16.2. The van der Waals surface area contributed by atoms with Gasteiger partial charge in [-0.05, 0) is 168 Å². The largest absolute Gasteiger partial charge is 0.359 e. The molecule has 4 unspecified atom stereocenters. The normalized spacial score (nSPS) is 34.9. The number of imide groups is 3. The summed E-state index contributed by atoms with van der Waals surface area (Å²) < 4.78 is 0. The van der Waals surface area contributed by atoms with Crippen LogP contribution in [0.3, 0.4) is 0 Å². The molecular formula is C57H75N9O9. The van der Waals surface area contributed by atoms with E-state index in [2.05, 4.69) is 15.0 Å². The van der Waals surface area contributed by atoms with Crippen molar-refractivity contribution in [2.45, 2.75) is 134 Å². The van der Waals surface area contributed by atoms with Crippen molar-refractivity contribution >= 4 is 53.2 Å². The van der Waals surface area contributed by atoms with Crippen LogP contribution in [0, 0.1) is 53.3 Å². The molecule has 0 radical (unpaired) electrons. The van der Waals surface area contributed by atoms with Gasteiger partial charge < -0.3 is 29.7 Å². The van der Waals surface area contributed by atoms with Crippen LogP contribution in [0.1, 0.15) is 149 Å². The summed E-state index contributed by atoms with van der Waals surface area (Å²) in [6.45, 7) is 5.12. The van der Waals surface area contributed by atoms with Crippen LogP contribution in [-0.4, -0.2) is 155 Å². The molecule has 0 spiro atoms. The van der Waals surface area contributed by atoms with Crippen LogP contribution >= 0.6 is 0 Å². The van der Waals surface area contributed by atoms with Gasteiger partial charge in [-0.15, -0.1) is 0 Å². The fraction of sp³-hybridized carbons (Fsp3) is 0.632. The number of hydrogen-bond donors (Lipinski definition) is 3. The minimum absolute atomic E-state index is 0.196. The van der Waals surface area contributed by atoms with E-state index in [0.29, 0.717) is 52.6 Å². The summed E-state index contributed by atoms with van der Waals surface area (Å²) in [5, 5.41) is 0. The fourth-order valence-electron chi connectivity index (χ4n) is 15.7. The Morgan fingerprint density at radius 1 is 0.427 bits per heavy atom. The number of carbonyl (C=O) groups is 9. The molecule has 3 aromatic rings. The van der Waals surface area contributed by atoms with Crippen LogP contribution in [0.2, 0.25) is 0 Å². The first-order chi connectivity index (χ1) is 35.8. The first-order valence-electron chi connectivity index (χ1n) is 27.6. The van der Waals surface area contributed by atoms with E-state index in [1.807, 2.05) is 20.8 Å². The first kappa shape index (κ1) is 52.1. The highest BCUT2D eigenvalue weighted by Gasteiger charge is 2.63. The van der Waals surface area contributed by atoms with E-state index in [0.717, 1.165) is 72.5 Å². The maximum atomic E-state index is 13.2. The number of carbonyl (C=O) groups excluding carboxylic acids is 9. The van der Waals surface area contributed by atoms with Gasteiger partial charge in [0.25, 0.3) is 17.7 Å². The van der Waals surface area contributed by atoms with Gasteiger partial charge in [-0.25, -0.2) is 14.4 Å². The number of aromatic nitrogens is 3. The molecule has 402 valence electrons. The van der Waals surface area contributed by atoms with Crippen molar-refractivity contribution < 1.29 is 43.2 Å². The van der Waals surface area contributed by atoms with Gasteiger partial charge in [-0.2, -0.15) is 0 Å². The molecule has 18 nitrogen and oxygen atoms in total. The van der Waals surface area contributed by atoms with Gasteiger partial charge in [0.15, 0.2) is 17.3 Å². The summed E-state index contributed by atoms with van der Waals surface area (Å²) in [6, 6.07) is 9.13. The maximum absolute atomic E-state index is 13.2. The molecule has 3 aliphatic heterocycles. The third-order valence-electron chi connectivity index (χ3n) is 20.6. The Morgan fingerprint density at radius 2 is 0.667 bits per heavy atom. The van der Waals surface area contributed by atoms with Crippen LogP contribution in [0.25, 0.3) is 0 Å². The summed E-state index contributed by atoms with van der Waals surface area (Å²) in [4.78, 5) is 132. The molecule has 0 aromatic carbocycles. The van der Waals surface area contributed by atoms with Crippen molar-refractivity contribution in [1.82, 2.24) is 44.4 Å². The lowest BCUT2D eigenvalue weighted by atomic mass is 9.59. The van der Waals surface area contributed by atoms with E-state index in [-0.39, 0.29) is 90.6 Å². The predicted molar refractivity (Wildman–Crippen MR) is 276 cm³/mol. The van der Waals surface area contributed by atoms with Crippen LogP contribution in [0.5, 0.6) is 0 Å². The summed E-state index contributed by atoms with van der Waals surface area (Å²) in [6.07, 6.45) is 22.5. The third-order valence-corrected chi connectivity index (χ3v) is 20.6. The number of Topliss-reactive ketones (excluding diaryl/α,β-unsaturated/α-hetero) is 3. The molecule has 12 fully saturated rings. The molecule has 9 amide bonds. The highest BCUT2D eigenvalue weighted by Crippen LogP contribution is 2.55. The zero-order valence-electron chi connectivity index (χ0n) is 44.5. The first-order valence-corrected chi connectivity index (χ1v) is 27.6. The van der Waals surface area contributed by atoms with E-state index in [4.69, 9.17) is 0 Å². The van der Waals surface area contributed by atoms with Gasteiger partial charge in [-0.3, -0.25) is 43.5 Å². The van der Waals surface area contributed by atoms with E-state index < -0.39 is 16.6 Å². The second-order valence-electron chi connectivity index (χ2n) is 24.0. The molecule has 15 rings (SSSR count). The summed E-state index contributed by atoms with van der Waals surface area (Å²) in [5.41, 5.74) is -1.19. The number of amides is 9. The molecule has 3 aromatic heterocycles. The van der Waals surface area contributed by atoms with E-state index in [1.165, 1.54) is 38.5 Å². The smallest absolute Gasteiger partial charge is 0.327 e. The Labute approximate surface area is 439 Å². The SMILES string of the molecule is CN1C(=O)N(CC(=O)c2ccc[nH]2)C(=O)C1(C)C1CC2CCC1CC2.CN1C(=O)N(CC(=O)c2ccc[nH]2)C(=O)C1(C)C1CC2CCC1CC2.CN1C(=O)N(CC(=O)c2ccc[nH]2)C(=O)[C@@]1(C)[C@H]1CC2CCC1CC2. The van der Waals surface area contributed by atoms with Crippen molar-refractivity contribution in [3.8, 4) is 0 Å². The lowest BCUT2D eigenvalue weighted by Gasteiger charge is -2.49. The molecule has 3 saturated heterocycles. The minimum atomic E-state index is -0.823. The van der Waals surface area contributed by atoms with Gasteiger partial charge in [0.1, 0.15) is 16.6 Å². The highest BCUT2D eigenvalue weighted by molar-refractivity contribution is 6.12. The number of hydrogen-bond acceptors (Lipinski definition) is 9. The second-order valence-corrected chi connectivity index (χ2v) is 24.0. The van der Waals surface area contributed by atoms with Gasteiger partial charge in [0.05, 0.1) is 36.7 Å². The number of H-pyrrole nitrogens is 3. The molecule has 18 heteroatoms. The van der Waals surface area contributed by atoms with Crippen molar-refractivity contribution in [1.29, 1.82) is 0 Å². The fourth-order valence-corrected chi connectivity index (χ4v) is 15.7. The van der Waals surface area contributed by atoms with Crippen LogP contribution < -0.4 is 0 Å². The number of ketones is 3. The lowest BCUT2D eigenvalue weighted by Crippen LogP contribution is -2.56. The van der Waals surface area contributed by atoms with Crippen LogP contribution in [0.4, 0.5) is 14.4 Å². The third kappa shape index (κ3) is 8.75.